The minimum atomic E-state index is -0.737. The number of halogens is 3. The average molecular weight is 501 g/mol. The Labute approximate surface area is 211 Å². The number of allylic oxidation sites excluding steroid dienone is 2. The third kappa shape index (κ3) is 5.96. The van der Waals surface area contributed by atoms with Gasteiger partial charge in [-0.15, -0.1) is 0 Å². The van der Waals surface area contributed by atoms with Crippen LogP contribution in [0.2, 0.25) is 0 Å². The van der Waals surface area contributed by atoms with Gasteiger partial charge in [0.05, 0.1) is 12.5 Å². The Balaban J connectivity index is 1.34. The summed E-state index contributed by atoms with van der Waals surface area (Å²) in [5, 5.41) is 0. The second-order valence-electron chi connectivity index (χ2n) is 10.0. The van der Waals surface area contributed by atoms with Crippen LogP contribution in [0.3, 0.4) is 0 Å². The molecule has 2 aliphatic carbocycles. The molecule has 4 rings (SSSR count). The predicted molar refractivity (Wildman–Crippen MR) is 134 cm³/mol. The topological polar surface area (TPSA) is 35.5 Å². The Bertz CT molecular complexity index is 1080. The van der Waals surface area contributed by atoms with Crippen LogP contribution in [0.15, 0.2) is 42.5 Å². The molecule has 0 aromatic heterocycles. The van der Waals surface area contributed by atoms with Gasteiger partial charge in [0.2, 0.25) is 0 Å². The minimum absolute atomic E-state index is 0.0630. The zero-order chi connectivity index (χ0) is 25.7. The summed E-state index contributed by atoms with van der Waals surface area (Å²) in [5.74, 6) is -2.10. The zero-order valence-electron chi connectivity index (χ0n) is 21.1. The molecular weight excluding hydrogens is 465 g/mol. The molecule has 2 aromatic carbocycles. The molecule has 0 atom stereocenters. The van der Waals surface area contributed by atoms with Crippen LogP contribution < -0.4 is 9.47 Å². The molecular formula is C30H35F3O3. The Hall–Kier alpha value is -2.76. The van der Waals surface area contributed by atoms with Crippen molar-refractivity contribution in [3.05, 3.63) is 71.1 Å². The fourth-order valence-corrected chi connectivity index (χ4v) is 5.76. The van der Waals surface area contributed by atoms with Gasteiger partial charge in [-0.1, -0.05) is 24.3 Å². The molecule has 0 heterocycles. The molecule has 0 unspecified atom stereocenters. The van der Waals surface area contributed by atoms with Crippen LogP contribution in [0.1, 0.15) is 88.2 Å². The Morgan fingerprint density at radius 3 is 2.00 bits per heavy atom. The summed E-state index contributed by atoms with van der Waals surface area (Å²) in [7, 11) is 0. The molecule has 0 saturated heterocycles. The first-order valence-corrected chi connectivity index (χ1v) is 13.2. The second-order valence-corrected chi connectivity index (χ2v) is 10.0. The van der Waals surface area contributed by atoms with Gasteiger partial charge in [-0.2, -0.15) is 0 Å². The lowest BCUT2D eigenvalue weighted by Gasteiger charge is -2.30. The highest BCUT2D eigenvalue weighted by Crippen LogP contribution is 2.42. The van der Waals surface area contributed by atoms with Crippen LogP contribution in [0, 0.1) is 29.3 Å². The average Bonchev–Trinajstić information content (AvgIpc) is 2.88. The number of rotatable bonds is 7. The van der Waals surface area contributed by atoms with Crippen LogP contribution in [0.5, 0.6) is 11.5 Å². The standard InChI is InChI=1S/C30H35F3O3/c1-3-5-19-6-8-20(9-7-19)24-15-16-25(29(33)28(24)32)21-10-12-22(13-11-21)30(34)36-23-14-17-27(35-4-2)26(31)18-23/h3,5,14-22H,4,6-13H2,1-2H3/b5-3+. The third-order valence-corrected chi connectivity index (χ3v) is 7.74. The molecule has 2 saturated carbocycles. The van der Waals surface area contributed by atoms with E-state index in [0.717, 1.165) is 31.7 Å². The molecule has 0 amide bonds. The van der Waals surface area contributed by atoms with Crippen molar-refractivity contribution in [1.29, 1.82) is 0 Å². The van der Waals surface area contributed by atoms with Crippen LogP contribution >= 0.6 is 0 Å². The van der Waals surface area contributed by atoms with Crippen molar-refractivity contribution in [3.63, 3.8) is 0 Å². The second kappa shape index (κ2) is 12.0. The van der Waals surface area contributed by atoms with Crippen molar-refractivity contribution < 1.29 is 27.4 Å². The van der Waals surface area contributed by atoms with E-state index in [1.165, 1.54) is 12.1 Å². The number of esters is 1. The van der Waals surface area contributed by atoms with Gasteiger partial charge < -0.3 is 9.47 Å². The van der Waals surface area contributed by atoms with Crippen LogP contribution in [0.4, 0.5) is 13.2 Å². The summed E-state index contributed by atoms with van der Waals surface area (Å²) >= 11 is 0. The number of hydrogen-bond donors (Lipinski definition) is 0. The van der Waals surface area contributed by atoms with E-state index in [1.54, 1.807) is 19.1 Å². The first kappa shape index (κ1) is 26.3. The fraction of sp³-hybridized carbons (Fsp3) is 0.500. The van der Waals surface area contributed by atoms with E-state index in [0.29, 0.717) is 49.3 Å². The summed E-state index contributed by atoms with van der Waals surface area (Å²) in [5.41, 5.74) is 0.897. The molecule has 0 spiro atoms. The third-order valence-electron chi connectivity index (χ3n) is 7.74. The van der Waals surface area contributed by atoms with Crippen molar-refractivity contribution in [2.24, 2.45) is 11.8 Å². The number of benzene rings is 2. The summed E-state index contributed by atoms with van der Waals surface area (Å²) in [6, 6.07) is 7.60. The van der Waals surface area contributed by atoms with Crippen molar-refractivity contribution in [3.8, 4) is 11.5 Å². The summed E-state index contributed by atoms with van der Waals surface area (Å²) in [6.45, 7) is 4.11. The molecule has 6 heteroatoms. The molecule has 0 bridgehead atoms. The normalized spacial score (nSPS) is 24.6. The first-order valence-electron chi connectivity index (χ1n) is 13.2. The molecule has 3 nitrogen and oxygen atoms in total. The van der Waals surface area contributed by atoms with E-state index < -0.39 is 23.4 Å². The van der Waals surface area contributed by atoms with Crippen molar-refractivity contribution in [2.75, 3.05) is 6.61 Å². The van der Waals surface area contributed by atoms with Gasteiger partial charge >= 0.3 is 5.97 Å². The van der Waals surface area contributed by atoms with Crippen LogP contribution in [-0.2, 0) is 4.79 Å². The van der Waals surface area contributed by atoms with Crippen LogP contribution in [0.25, 0.3) is 0 Å². The minimum Gasteiger partial charge on any atom is -0.491 e. The maximum absolute atomic E-state index is 15.1. The SMILES string of the molecule is C/C=C/C1CCC(c2ccc(C3CCC(C(=O)Oc4ccc(OCC)c(F)c4)CC3)c(F)c2F)CC1. The molecule has 0 radical (unpaired) electrons. The largest absolute Gasteiger partial charge is 0.491 e. The summed E-state index contributed by atoms with van der Waals surface area (Å²) in [6.07, 6.45) is 10.2. The molecule has 2 aromatic rings. The Morgan fingerprint density at radius 2 is 1.47 bits per heavy atom. The smallest absolute Gasteiger partial charge is 0.314 e. The van der Waals surface area contributed by atoms with Crippen molar-refractivity contribution in [2.45, 2.75) is 77.0 Å². The van der Waals surface area contributed by atoms with E-state index in [4.69, 9.17) is 9.47 Å². The van der Waals surface area contributed by atoms with Gasteiger partial charge in [0, 0.05) is 6.07 Å². The lowest BCUT2D eigenvalue weighted by atomic mass is 9.76. The quantitative estimate of drug-likeness (QED) is 0.218. The van der Waals surface area contributed by atoms with Gasteiger partial charge in [0.1, 0.15) is 5.75 Å². The van der Waals surface area contributed by atoms with Gasteiger partial charge in [0.25, 0.3) is 0 Å². The predicted octanol–water partition coefficient (Wildman–Crippen LogP) is 8.23. The summed E-state index contributed by atoms with van der Waals surface area (Å²) < 4.78 is 54.8. The molecule has 2 fully saturated rings. The number of carbonyl (C=O) groups excluding carboxylic acids is 1. The zero-order valence-corrected chi connectivity index (χ0v) is 21.1. The van der Waals surface area contributed by atoms with E-state index in [2.05, 4.69) is 12.2 Å². The molecule has 36 heavy (non-hydrogen) atoms. The van der Waals surface area contributed by atoms with E-state index in [9.17, 15) is 9.18 Å². The highest BCUT2D eigenvalue weighted by atomic mass is 19.2. The molecule has 194 valence electrons. The molecule has 0 N–H and O–H groups in total. The summed E-state index contributed by atoms with van der Waals surface area (Å²) in [4.78, 5) is 12.6. The monoisotopic (exact) mass is 500 g/mol. The lowest BCUT2D eigenvalue weighted by molar-refractivity contribution is -0.140. The molecule has 2 aliphatic rings. The van der Waals surface area contributed by atoms with Crippen molar-refractivity contribution in [1.82, 2.24) is 0 Å². The van der Waals surface area contributed by atoms with Gasteiger partial charge in [-0.3, -0.25) is 4.79 Å². The Kier molecular flexibility index (Phi) is 8.76. The maximum Gasteiger partial charge on any atom is 0.314 e. The lowest BCUT2D eigenvalue weighted by Crippen LogP contribution is -2.25. The number of carbonyl (C=O) groups is 1. The fourth-order valence-electron chi connectivity index (χ4n) is 5.76. The maximum atomic E-state index is 15.1. The molecule has 0 aliphatic heterocycles. The van der Waals surface area contributed by atoms with Gasteiger partial charge in [0.15, 0.2) is 23.2 Å². The Morgan fingerprint density at radius 1 is 0.889 bits per heavy atom. The van der Waals surface area contributed by atoms with Gasteiger partial charge in [-0.05, 0) is 106 Å². The van der Waals surface area contributed by atoms with Crippen molar-refractivity contribution >= 4 is 5.97 Å². The first-order chi connectivity index (χ1) is 17.4. The van der Waals surface area contributed by atoms with Crippen LogP contribution in [-0.4, -0.2) is 12.6 Å². The van der Waals surface area contributed by atoms with E-state index in [-0.39, 0.29) is 29.3 Å². The highest BCUT2D eigenvalue weighted by Gasteiger charge is 2.32. The highest BCUT2D eigenvalue weighted by molar-refractivity contribution is 5.75. The number of hydrogen-bond acceptors (Lipinski definition) is 3. The van der Waals surface area contributed by atoms with E-state index >= 15 is 8.78 Å². The van der Waals surface area contributed by atoms with E-state index in [1.807, 2.05) is 6.92 Å². The van der Waals surface area contributed by atoms with Gasteiger partial charge in [-0.25, -0.2) is 13.2 Å². The number of ether oxygens (including phenoxy) is 2.